The predicted molar refractivity (Wildman–Crippen MR) is 79.2 cm³/mol. The number of hydrogen-bond donors (Lipinski definition) is 1. The van der Waals surface area contributed by atoms with Crippen LogP contribution in [-0.4, -0.2) is 28.6 Å². The van der Waals surface area contributed by atoms with E-state index in [4.69, 9.17) is 0 Å². The van der Waals surface area contributed by atoms with Crippen LogP contribution in [0, 0.1) is 6.92 Å². The summed E-state index contributed by atoms with van der Waals surface area (Å²) < 4.78 is 0. The first-order valence-corrected chi connectivity index (χ1v) is 7.39. The first-order valence-electron chi connectivity index (χ1n) is 6.45. The molecule has 0 fully saturated rings. The second kappa shape index (κ2) is 6.80. The van der Waals surface area contributed by atoms with Crippen LogP contribution in [0.1, 0.15) is 29.3 Å². The van der Waals surface area contributed by atoms with E-state index in [1.165, 1.54) is 5.56 Å². The third kappa shape index (κ3) is 4.42. The SMILES string of the molecule is Cc1ccc(C(O)CCN(C)Cc2cscn2)cc1. The van der Waals surface area contributed by atoms with Crippen molar-refractivity contribution in [2.24, 2.45) is 0 Å². The van der Waals surface area contributed by atoms with Gasteiger partial charge in [-0.1, -0.05) is 29.8 Å². The van der Waals surface area contributed by atoms with Crippen LogP contribution >= 0.6 is 11.3 Å². The summed E-state index contributed by atoms with van der Waals surface area (Å²) in [4.78, 5) is 6.45. The minimum atomic E-state index is -0.390. The molecule has 0 spiro atoms. The molecule has 0 radical (unpaired) electrons. The van der Waals surface area contributed by atoms with Gasteiger partial charge in [-0.05, 0) is 26.0 Å². The maximum atomic E-state index is 10.1. The average Bonchev–Trinajstić information content (AvgIpc) is 2.89. The summed E-state index contributed by atoms with van der Waals surface area (Å²) in [6, 6.07) is 8.08. The summed E-state index contributed by atoms with van der Waals surface area (Å²) >= 11 is 1.62. The van der Waals surface area contributed by atoms with Crippen molar-refractivity contribution in [3.63, 3.8) is 0 Å². The van der Waals surface area contributed by atoms with Crippen LogP contribution in [-0.2, 0) is 6.54 Å². The zero-order valence-electron chi connectivity index (χ0n) is 11.4. The van der Waals surface area contributed by atoms with Crippen molar-refractivity contribution in [3.05, 3.63) is 52.0 Å². The molecule has 1 unspecified atom stereocenters. The number of thiazole rings is 1. The lowest BCUT2D eigenvalue weighted by Crippen LogP contribution is -2.21. The van der Waals surface area contributed by atoms with E-state index in [1.54, 1.807) is 11.3 Å². The molecule has 0 saturated heterocycles. The van der Waals surface area contributed by atoms with Crippen LogP contribution in [0.2, 0.25) is 0 Å². The van der Waals surface area contributed by atoms with Crippen molar-refractivity contribution in [1.29, 1.82) is 0 Å². The predicted octanol–water partition coefficient (Wildman–Crippen LogP) is 3.01. The van der Waals surface area contributed by atoms with Crippen molar-refractivity contribution >= 4 is 11.3 Å². The second-order valence-electron chi connectivity index (χ2n) is 4.93. The molecule has 2 aromatic rings. The summed E-state index contributed by atoms with van der Waals surface area (Å²) in [6.45, 7) is 3.74. The Kier molecular flexibility index (Phi) is 5.07. The Morgan fingerprint density at radius 3 is 2.68 bits per heavy atom. The second-order valence-corrected chi connectivity index (χ2v) is 5.65. The van der Waals surface area contributed by atoms with Gasteiger partial charge in [0.25, 0.3) is 0 Å². The lowest BCUT2D eigenvalue weighted by molar-refractivity contribution is 0.147. The number of hydrogen-bond acceptors (Lipinski definition) is 4. The highest BCUT2D eigenvalue weighted by atomic mass is 32.1. The highest BCUT2D eigenvalue weighted by Crippen LogP contribution is 2.17. The van der Waals surface area contributed by atoms with Gasteiger partial charge >= 0.3 is 0 Å². The van der Waals surface area contributed by atoms with E-state index < -0.39 is 6.10 Å². The Balaban J connectivity index is 1.79. The molecule has 1 heterocycles. The summed E-state index contributed by atoms with van der Waals surface area (Å²) in [5, 5.41) is 12.2. The molecule has 0 saturated carbocycles. The molecule has 19 heavy (non-hydrogen) atoms. The van der Waals surface area contributed by atoms with Gasteiger partial charge in [-0.3, -0.25) is 0 Å². The van der Waals surface area contributed by atoms with Gasteiger partial charge < -0.3 is 10.0 Å². The number of rotatable bonds is 6. The molecular weight excluding hydrogens is 256 g/mol. The molecule has 4 heteroatoms. The smallest absolute Gasteiger partial charge is 0.0802 e. The van der Waals surface area contributed by atoms with Crippen LogP contribution in [0.4, 0.5) is 0 Å². The molecule has 0 amide bonds. The largest absolute Gasteiger partial charge is 0.388 e. The third-order valence-electron chi connectivity index (χ3n) is 3.16. The number of benzene rings is 1. The average molecular weight is 276 g/mol. The van der Waals surface area contributed by atoms with Crippen LogP contribution in [0.25, 0.3) is 0 Å². The molecule has 102 valence electrons. The quantitative estimate of drug-likeness (QED) is 0.881. The Labute approximate surface area is 118 Å². The number of nitrogens with zero attached hydrogens (tertiary/aromatic N) is 2. The molecule has 0 aliphatic carbocycles. The van der Waals surface area contributed by atoms with Crippen molar-refractivity contribution < 1.29 is 5.11 Å². The van der Waals surface area contributed by atoms with E-state index in [2.05, 4.69) is 29.2 Å². The van der Waals surface area contributed by atoms with Crippen molar-refractivity contribution in [1.82, 2.24) is 9.88 Å². The maximum Gasteiger partial charge on any atom is 0.0802 e. The van der Waals surface area contributed by atoms with E-state index in [9.17, 15) is 5.11 Å². The fourth-order valence-corrected chi connectivity index (χ4v) is 2.52. The van der Waals surface area contributed by atoms with E-state index >= 15 is 0 Å². The maximum absolute atomic E-state index is 10.1. The Morgan fingerprint density at radius 2 is 2.05 bits per heavy atom. The zero-order chi connectivity index (χ0) is 13.7. The monoisotopic (exact) mass is 276 g/mol. The summed E-state index contributed by atoms with van der Waals surface area (Å²) in [7, 11) is 2.06. The number of aryl methyl sites for hydroxylation is 1. The van der Waals surface area contributed by atoms with Crippen LogP contribution in [0.3, 0.4) is 0 Å². The van der Waals surface area contributed by atoms with E-state index in [0.717, 1.165) is 30.8 Å². The fourth-order valence-electron chi connectivity index (χ4n) is 1.97. The Hall–Kier alpha value is -1.23. The molecule has 0 aliphatic heterocycles. The first kappa shape index (κ1) is 14.2. The van der Waals surface area contributed by atoms with Crippen molar-refractivity contribution in [3.8, 4) is 0 Å². The highest BCUT2D eigenvalue weighted by Gasteiger charge is 2.09. The topological polar surface area (TPSA) is 36.4 Å². The number of aliphatic hydroxyl groups is 1. The van der Waals surface area contributed by atoms with Crippen molar-refractivity contribution in [2.45, 2.75) is 26.0 Å². The molecule has 0 aliphatic rings. The van der Waals surface area contributed by atoms with Gasteiger partial charge in [0.15, 0.2) is 0 Å². The summed E-state index contributed by atoms with van der Waals surface area (Å²) in [5.74, 6) is 0. The van der Waals surface area contributed by atoms with Gasteiger partial charge in [0.2, 0.25) is 0 Å². The van der Waals surface area contributed by atoms with Gasteiger partial charge in [-0.15, -0.1) is 11.3 Å². The fraction of sp³-hybridized carbons (Fsp3) is 0.400. The summed E-state index contributed by atoms with van der Waals surface area (Å²) in [5.41, 5.74) is 5.16. The molecule has 1 N–H and O–H groups in total. The molecule has 0 bridgehead atoms. The van der Waals surface area contributed by atoms with Gasteiger partial charge in [0.05, 0.1) is 17.3 Å². The lowest BCUT2D eigenvalue weighted by Gasteiger charge is -2.18. The van der Waals surface area contributed by atoms with Crippen LogP contribution in [0.15, 0.2) is 35.2 Å². The first-order chi connectivity index (χ1) is 9.15. The Bertz CT molecular complexity index is 481. The highest BCUT2D eigenvalue weighted by molar-refractivity contribution is 7.07. The normalized spacial score (nSPS) is 12.8. The number of aromatic nitrogens is 1. The standard InChI is InChI=1S/C15H20N2OS/c1-12-3-5-13(6-4-12)15(18)7-8-17(2)9-14-10-19-11-16-14/h3-6,10-11,15,18H,7-9H2,1-2H3. The van der Waals surface area contributed by atoms with Crippen LogP contribution < -0.4 is 0 Å². The molecule has 3 nitrogen and oxygen atoms in total. The van der Waals surface area contributed by atoms with E-state index in [0.29, 0.717) is 0 Å². The van der Waals surface area contributed by atoms with E-state index in [-0.39, 0.29) is 0 Å². The van der Waals surface area contributed by atoms with Gasteiger partial charge in [0, 0.05) is 18.5 Å². The molecule has 1 atom stereocenters. The minimum Gasteiger partial charge on any atom is -0.388 e. The zero-order valence-corrected chi connectivity index (χ0v) is 12.2. The van der Waals surface area contributed by atoms with Gasteiger partial charge in [-0.2, -0.15) is 0 Å². The minimum absolute atomic E-state index is 0.390. The molecule has 1 aromatic heterocycles. The Morgan fingerprint density at radius 1 is 1.32 bits per heavy atom. The van der Waals surface area contributed by atoms with E-state index in [1.807, 2.05) is 29.8 Å². The van der Waals surface area contributed by atoms with Gasteiger partial charge in [-0.25, -0.2) is 4.98 Å². The third-order valence-corrected chi connectivity index (χ3v) is 3.80. The molecule has 2 rings (SSSR count). The van der Waals surface area contributed by atoms with Crippen molar-refractivity contribution in [2.75, 3.05) is 13.6 Å². The van der Waals surface area contributed by atoms with Crippen LogP contribution in [0.5, 0.6) is 0 Å². The summed E-state index contributed by atoms with van der Waals surface area (Å²) in [6.07, 6.45) is 0.349. The van der Waals surface area contributed by atoms with Gasteiger partial charge in [0.1, 0.15) is 0 Å². The molecular formula is C15H20N2OS. The lowest BCUT2D eigenvalue weighted by atomic mass is 10.0. The molecule has 1 aromatic carbocycles. The number of aliphatic hydroxyl groups excluding tert-OH is 1.